The molecule has 1 heterocycles. The summed E-state index contributed by atoms with van der Waals surface area (Å²) in [7, 11) is 1.61. The molecule has 32 heavy (non-hydrogen) atoms. The van der Waals surface area contributed by atoms with Gasteiger partial charge in [-0.2, -0.15) is 0 Å². The van der Waals surface area contributed by atoms with Crippen LogP contribution in [0.2, 0.25) is 0 Å². The molecule has 0 N–H and O–H groups in total. The predicted octanol–water partition coefficient (Wildman–Crippen LogP) is 5.28. The van der Waals surface area contributed by atoms with Gasteiger partial charge in [0, 0.05) is 42.5 Å². The number of hydrogen-bond donors (Lipinski definition) is 0. The first-order chi connectivity index (χ1) is 15.6. The van der Waals surface area contributed by atoms with Crippen LogP contribution in [0.1, 0.15) is 28.8 Å². The minimum Gasteiger partial charge on any atom is -0.497 e. The first-order valence-electron chi connectivity index (χ1n) is 10.7. The summed E-state index contributed by atoms with van der Waals surface area (Å²) in [6.45, 7) is 1.73. The van der Waals surface area contributed by atoms with E-state index in [1.807, 2.05) is 59.5 Å². The number of nitrogens with zero attached hydrogens (tertiary/aromatic N) is 2. The summed E-state index contributed by atoms with van der Waals surface area (Å²) < 4.78 is 32.9. The van der Waals surface area contributed by atoms with Crippen molar-refractivity contribution in [3.63, 3.8) is 0 Å². The maximum Gasteiger partial charge on any atom is 0.258 e. The fourth-order valence-electron chi connectivity index (χ4n) is 4.20. The van der Waals surface area contributed by atoms with Crippen molar-refractivity contribution >= 4 is 11.6 Å². The number of methoxy groups -OCH3 is 1. The highest BCUT2D eigenvalue weighted by Crippen LogP contribution is 2.28. The quantitative estimate of drug-likeness (QED) is 0.527. The van der Waals surface area contributed by atoms with Crippen LogP contribution >= 0.6 is 0 Å². The van der Waals surface area contributed by atoms with Crippen molar-refractivity contribution in [1.82, 2.24) is 4.90 Å². The van der Waals surface area contributed by atoms with E-state index in [4.69, 9.17) is 4.74 Å². The van der Waals surface area contributed by atoms with E-state index >= 15 is 0 Å². The molecule has 1 amide bonds. The van der Waals surface area contributed by atoms with Crippen LogP contribution in [-0.4, -0.2) is 37.0 Å². The highest BCUT2D eigenvalue weighted by atomic mass is 19.2. The Kier molecular flexibility index (Phi) is 6.81. The molecule has 0 atom stereocenters. The van der Waals surface area contributed by atoms with E-state index in [1.54, 1.807) is 13.2 Å². The van der Waals surface area contributed by atoms with Gasteiger partial charge in [-0.3, -0.25) is 9.69 Å². The molecule has 0 aromatic heterocycles. The molecule has 1 aliphatic rings. The second-order valence-corrected chi connectivity index (χ2v) is 7.96. The van der Waals surface area contributed by atoms with E-state index in [2.05, 4.69) is 4.90 Å². The van der Waals surface area contributed by atoms with Crippen molar-refractivity contribution in [1.29, 1.82) is 0 Å². The summed E-state index contributed by atoms with van der Waals surface area (Å²) in [5.74, 6) is -0.927. The highest BCUT2D eigenvalue weighted by Gasteiger charge is 2.30. The smallest absolute Gasteiger partial charge is 0.258 e. The number of carbonyl (C=O) groups is 1. The molecule has 3 aromatic rings. The third-order valence-corrected chi connectivity index (χ3v) is 5.94. The minimum absolute atomic E-state index is 0.00436. The normalized spacial score (nSPS) is 14.8. The maximum absolute atomic E-state index is 14.1. The number of ether oxygens (including phenoxy) is 1. The first kappa shape index (κ1) is 22.0. The van der Waals surface area contributed by atoms with Gasteiger partial charge < -0.3 is 9.64 Å². The number of amides is 1. The molecule has 0 saturated carbocycles. The molecule has 166 valence electrons. The Morgan fingerprint density at radius 2 is 1.66 bits per heavy atom. The molecule has 4 nitrogen and oxygen atoms in total. The second-order valence-electron chi connectivity index (χ2n) is 7.96. The fourth-order valence-corrected chi connectivity index (χ4v) is 4.20. The van der Waals surface area contributed by atoms with E-state index in [-0.39, 0.29) is 11.9 Å². The summed E-state index contributed by atoms with van der Waals surface area (Å²) in [4.78, 5) is 17.4. The van der Waals surface area contributed by atoms with Gasteiger partial charge in [-0.1, -0.05) is 30.3 Å². The summed E-state index contributed by atoms with van der Waals surface area (Å²) in [6.07, 6.45) is 1.48. The molecule has 3 aromatic carbocycles. The van der Waals surface area contributed by atoms with E-state index in [9.17, 15) is 13.6 Å². The molecule has 4 rings (SSSR count). The molecule has 0 radical (unpaired) electrons. The Bertz CT molecular complexity index is 1050. The van der Waals surface area contributed by atoms with Crippen molar-refractivity contribution in [2.45, 2.75) is 25.4 Å². The minimum atomic E-state index is -0.823. The Morgan fingerprint density at radius 1 is 0.969 bits per heavy atom. The number of anilines is 1. The molecule has 6 heteroatoms. The largest absolute Gasteiger partial charge is 0.497 e. The van der Waals surface area contributed by atoms with Gasteiger partial charge in [0.05, 0.1) is 7.11 Å². The maximum atomic E-state index is 14.1. The van der Waals surface area contributed by atoms with Crippen LogP contribution in [0.15, 0.2) is 72.8 Å². The third kappa shape index (κ3) is 4.81. The van der Waals surface area contributed by atoms with E-state index < -0.39 is 11.6 Å². The van der Waals surface area contributed by atoms with Gasteiger partial charge in [-0.05, 0) is 55.3 Å². The Morgan fingerprint density at radius 3 is 2.31 bits per heavy atom. The molecule has 0 unspecified atom stereocenters. The lowest BCUT2D eigenvalue weighted by atomic mass is 10.00. The van der Waals surface area contributed by atoms with Crippen molar-refractivity contribution in [3.8, 4) is 5.75 Å². The van der Waals surface area contributed by atoms with Gasteiger partial charge in [0.2, 0.25) is 0 Å². The number of rotatable bonds is 6. The number of piperidine rings is 1. The molecule has 0 aliphatic carbocycles. The Labute approximate surface area is 187 Å². The molecular formula is C26H26F2N2O2. The number of hydrogen-bond acceptors (Lipinski definition) is 3. The van der Waals surface area contributed by atoms with Crippen LogP contribution in [0.4, 0.5) is 14.5 Å². The van der Waals surface area contributed by atoms with Gasteiger partial charge in [0.25, 0.3) is 5.91 Å². The zero-order chi connectivity index (χ0) is 22.5. The zero-order valence-electron chi connectivity index (χ0n) is 18.0. The van der Waals surface area contributed by atoms with Crippen LogP contribution < -0.4 is 9.64 Å². The van der Waals surface area contributed by atoms with Crippen LogP contribution in [0.5, 0.6) is 5.75 Å². The van der Waals surface area contributed by atoms with Crippen molar-refractivity contribution < 1.29 is 18.3 Å². The molecule has 0 spiro atoms. The SMILES string of the molecule is COc1ccc(N(C(=O)c2ccccc2)C2CCN(Cc3cccc(F)c3F)CC2)cc1. The summed E-state index contributed by atoms with van der Waals surface area (Å²) >= 11 is 0. The molecule has 0 bridgehead atoms. The number of likely N-dealkylation sites (tertiary alicyclic amines) is 1. The average molecular weight is 437 g/mol. The zero-order valence-corrected chi connectivity index (χ0v) is 18.0. The summed E-state index contributed by atoms with van der Waals surface area (Å²) in [5.41, 5.74) is 1.80. The number of carbonyl (C=O) groups excluding carboxylic acids is 1. The van der Waals surface area contributed by atoms with Crippen molar-refractivity contribution in [2.24, 2.45) is 0 Å². The monoisotopic (exact) mass is 436 g/mol. The predicted molar refractivity (Wildman–Crippen MR) is 121 cm³/mol. The van der Waals surface area contributed by atoms with E-state index in [0.29, 0.717) is 30.8 Å². The number of halogens is 2. The van der Waals surface area contributed by atoms with Gasteiger partial charge in [-0.15, -0.1) is 0 Å². The molecule has 1 saturated heterocycles. The highest BCUT2D eigenvalue weighted by molar-refractivity contribution is 6.06. The van der Waals surface area contributed by atoms with Gasteiger partial charge in [0.1, 0.15) is 5.75 Å². The molecular weight excluding hydrogens is 410 g/mol. The molecule has 1 fully saturated rings. The van der Waals surface area contributed by atoms with Crippen LogP contribution in [-0.2, 0) is 6.54 Å². The average Bonchev–Trinajstić information content (AvgIpc) is 2.84. The fraction of sp³-hybridized carbons (Fsp3) is 0.269. The summed E-state index contributed by atoms with van der Waals surface area (Å²) in [5, 5.41) is 0. The van der Waals surface area contributed by atoms with Crippen LogP contribution in [0, 0.1) is 11.6 Å². The van der Waals surface area contributed by atoms with Crippen LogP contribution in [0.25, 0.3) is 0 Å². The number of benzene rings is 3. The van der Waals surface area contributed by atoms with Crippen LogP contribution in [0.3, 0.4) is 0 Å². The summed E-state index contributed by atoms with van der Waals surface area (Å²) in [6, 6.07) is 21.0. The Hall–Kier alpha value is -3.25. The lowest BCUT2D eigenvalue weighted by Gasteiger charge is -2.38. The van der Waals surface area contributed by atoms with Crippen molar-refractivity contribution in [3.05, 3.63) is 95.6 Å². The van der Waals surface area contributed by atoms with Crippen molar-refractivity contribution in [2.75, 3.05) is 25.1 Å². The van der Waals surface area contributed by atoms with E-state index in [1.165, 1.54) is 6.07 Å². The van der Waals surface area contributed by atoms with Gasteiger partial charge in [0.15, 0.2) is 11.6 Å². The second kappa shape index (κ2) is 9.92. The first-order valence-corrected chi connectivity index (χ1v) is 10.7. The van der Waals surface area contributed by atoms with Gasteiger partial charge >= 0.3 is 0 Å². The molecule has 1 aliphatic heterocycles. The lowest BCUT2D eigenvalue weighted by Crippen LogP contribution is -2.47. The van der Waals surface area contributed by atoms with Gasteiger partial charge in [-0.25, -0.2) is 8.78 Å². The van der Waals surface area contributed by atoms with E-state index in [0.717, 1.165) is 30.3 Å². The topological polar surface area (TPSA) is 32.8 Å². The third-order valence-electron chi connectivity index (χ3n) is 5.94. The standard InChI is InChI=1S/C26H26F2N2O2/c1-32-23-12-10-21(11-13-23)30(26(31)19-6-3-2-4-7-19)22-14-16-29(17-15-22)18-20-8-5-9-24(27)25(20)28/h2-13,22H,14-18H2,1H3. The Balaban J connectivity index is 1.52. The lowest BCUT2D eigenvalue weighted by molar-refractivity contribution is 0.0958.